The Bertz CT molecular complexity index is 295. The Morgan fingerprint density at radius 1 is 1.31 bits per heavy atom. The van der Waals surface area contributed by atoms with Gasteiger partial charge in [-0.1, -0.05) is 62.2 Å². The molecule has 0 spiro atoms. The molecule has 0 atom stereocenters. The van der Waals surface area contributed by atoms with Crippen LogP contribution in [0.4, 0.5) is 0 Å². The molecule has 0 amide bonds. The lowest BCUT2D eigenvalue weighted by molar-refractivity contribution is 0.414. The predicted octanol–water partition coefficient (Wildman–Crippen LogP) is 3.82. The highest BCUT2D eigenvalue weighted by Gasteiger charge is 1.97. The minimum absolute atomic E-state index is 0.199. The number of alkyl halides is 2. The molecule has 0 N–H and O–H groups in total. The van der Waals surface area contributed by atoms with Gasteiger partial charge in [-0.15, -0.1) is 0 Å². The third-order valence-electron chi connectivity index (χ3n) is 1.56. The maximum absolute atomic E-state index is 5.20. The molecule has 0 unspecified atom stereocenters. The first kappa shape index (κ1) is 10.8. The first-order valence-corrected chi connectivity index (χ1v) is 5.66. The zero-order valence-corrected chi connectivity index (χ0v) is 10.4. The summed E-state index contributed by atoms with van der Waals surface area (Å²) in [5.41, 5.74) is 1.08. The van der Waals surface area contributed by atoms with E-state index in [1.54, 1.807) is 7.11 Å². The van der Waals surface area contributed by atoms with Gasteiger partial charge < -0.3 is 4.74 Å². The van der Waals surface area contributed by atoms with Gasteiger partial charge in [-0.2, -0.15) is 0 Å². The molecule has 1 nitrogen and oxygen atoms in total. The van der Waals surface area contributed by atoms with E-state index >= 15 is 0 Å². The number of ether oxygens (including phenoxy) is 1. The molecule has 0 fully saturated rings. The smallest absolute Gasteiger partial charge is 0.126 e. The van der Waals surface area contributed by atoms with Crippen molar-refractivity contribution < 1.29 is 4.74 Å². The highest BCUT2D eigenvalue weighted by Crippen LogP contribution is 2.20. The monoisotopic (exact) mass is 304 g/mol. The summed E-state index contributed by atoms with van der Waals surface area (Å²) in [6.07, 6.45) is 4.00. The van der Waals surface area contributed by atoms with Crippen LogP contribution in [0, 0.1) is 0 Å². The number of halogens is 2. The fourth-order valence-electron chi connectivity index (χ4n) is 0.981. The van der Waals surface area contributed by atoms with Crippen LogP contribution in [0.15, 0.2) is 30.3 Å². The summed E-state index contributed by atoms with van der Waals surface area (Å²) in [6.45, 7) is 0. The zero-order valence-electron chi connectivity index (χ0n) is 7.21. The molecule has 1 aromatic rings. The molecule has 13 heavy (non-hydrogen) atoms. The van der Waals surface area contributed by atoms with E-state index in [1.807, 2.05) is 36.4 Å². The maximum Gasteiger partial charge on any atom is 0.126 e. The van der Waals surface area contributed by atoms with Crippen molar-refractivity contribution in [3.63, 3.8) is 0 Å². The standard InChI is InChI=1S/C10H10Br2O/c1-13-9-5-3-2-4-8(9)6-7-10(11)12/h2-7,10H,1H3. The highest BCUT2D eigenvalue weighted by molar-refractivity contribution is 9.24. The van der Waals surface area contributed by atoms with Crippen LogP contribution in [0.2, 0.25) is 0 Å². The van der Waals surface area contributed by atoms with Gasteiger partial charge in [0.15, 0.2) is 0 Å². The van der Waals surface area contributed by atoms with Crippen LogP contribution in [0.5, 0.6) is 5.75 Å². The van der Waals surface area contributed by atoms with Gasteiger partial charge in [0.1, 0.15) is 5.75 Å². The average molecular weight is 306 g/mol. The van der Waals surface area contributed by atoms with Crippen LogP contribution in [0.1, 0.15) is 5.56 Å². The molecule has 0 radical (unpaired) electrons. The van der Waals surface area contributed by atoms with Gasteiger partial charge in [-0.25, -0.2) is 0 Å². The van der Waals surface area contributed by atoms with Crippen LogP contribution in [-0.4, -0.2) is 10.8 Å². The van der Waals surface area contributed by atoms with Gasteiger partial charge in [-0.3, -0.25) is 0 Å². The number of hydrogen-bond acceptors (Lipinski definition) is 1. The average Bonchev–Trinajstić information content (AvgIpc) is 2.15. The molecule has 0 saturated heterocycles. The summed E-state index contributed by atoms with van der Waals surface area (Å²) in [5, 5.41) is 0. The fourth-order valence-corrected chi connectivity index (χ4v) is 1.29. The number of allylic oxidation sites excluding steroid dienone is 1. The molecule has 3 heteroatoms. The van der Waals surface area contributed by atoms with E-state index in [2.05, 4.69) is 31.9 Å². The van der Waals surface area contributed by atoms with E-state index in [0.29, 0.717) is 0 Å². The molecule has 70 valence electrons. The lowest BCUT2D eigenvalue weighted by atomic mass is 10.2. The molecule has 0 heterocycles. The van der Waals surface area contributed by atoms with Gasteiger partial charge in [0.05, 0.1) is 10.8 Å². The Balaban J connectivity index is 2.87. The Labute approximate surface area is 95.1 Å². The minimum atomic E-state index is 0.199. The lowest BCUT2D eigenvalue weighted by Crippen LogP contribution is -1.86. The molecule has 0 aliphatic heterocycles. The third-order valence-corrected chi connectivity index (χ3v) is 2.17. The third kappa shape index (κ3) is 3.53. The number of hydrogen-bond donors (Lipinski definition) is 0. The van der Waals surface area contributed by atoms with Gasteiger partial charge in [0, 0.05) is 5.56 Å². The fraction of sp³-hybridized carbons (Fsp3) is 0.200. The topological polar surface area (TPSA) is 9.23 Å². The molecule has 1 rings (SSSR count). The van der Waals surface area contributed by atoms with Crippen LogP contribution in [0.25, 0.3) is 6.08 Å². The second-order valence-corrected chi connectivity index (χ2v) is 5.64. The zero-order chi connectivity index (χ0) is 9.68. The Morgan fingerprint density at radius 3 is 2.62 bits per heavy atom. The molecule has 0 aliphatic rings. The molecule has 0 aliphatic carbocycles. The Morgan fingerprint density at radius 2 is 2.00 bits per heavy atom. The Kier molecular flexibility index (Phi) is 4.53. The van der Waals surface area contributed by atoms with Crippen molar-refractivity contribution in [3.8, 4) is 5.75 Å². The molecular weight excluding hydrogens is 296 g/mol. The number of benzene rings is 1. The van der Waals surface area contributed by atoms with Crippen molar-refractivity contribution in [1.82, 2.24) is 0 Å². The van der Waals surface area contributed by atoms with Gasteiger partial charge in [-0.05, 0) is 6.07 Å². The van der Waals surface area contributed by atoms with Crippen molar-refractivity contribution in [2.75, 3.05) is 7.11 Å². The van der Waals surface area contributed by atoms with Crippen molar-refractivity contribution >= 4 is 37.9 Å². The van der Waals surface area contributed by atoms with E-state index in [9.17, 15) is 0 Å². The predicted molar refractivity (Wildman–Crippen MR) is 63.7 cm³/mol. The first-order chi connectivity index (χ1) is 6.24. The summed E-state index contributed by atoms with van der Waals surface area (Å²) in [6, 6.07) is 7.89. The SMILES string of the molecule is COc1ccccc1C=CC(Br)Br. The summed E-state index contributed by atoms with van der Waals surface area (Å²) in [4.78, 5) is 0. The molecule has 1 aromatic carbocycles. The van der Waals surface area contributed by atoms with Crippen LogP contribution >= 0.6 is 31.9 Å². The van der Waals surface area contributed by atoms with Crippen LogP contribution in [-0.2, 0) is 0 Å². The molecule has 0 saturated carbocycles. The minimum Gasteiger partial charge on any atom is -0.496 e. The van der Waals surface area contributed by atoms with Gasteiger partial charge in [0.2, 0.25) is 0 Å². The summed E-state index contributed by atoms with van der Waals surface area (Å²) < 4.78 is 5.39. The largest absolute Gasteiger partial charge is 0.496 e. The number of para-hydroxylation sites is 1. The van der Waals surface area contributed by atoms with E-state index in [1.165, 1.54) is 0 Å². The summed E-state index contributed by atoms with van der Waals surface area (Å²) >= 11 is 6.73. The van der Waals surface area contributed by atoms with Crippen molar-refractivity contribution in [3.05, 3.63) is 35.9 Å². The van der Waals surface area contributed by atoms with Gasteiger partial charge >= 0.3 is 0 Å². The second-order valence-electron chi connectivity index (χ2n) is 2.44. The van der Waals surface area contributed by atoms with Crippen LogP contribution < -0.4 is 4.74 Å². The van der Waals surface area contributed by atoms with Crippen molar-refractivity contribution in [1.29, 1.82) is 0 Å². The molecule has 0 aromatic heterocycles. The van der Waals surface area contributed by atoms with Crippen molar-refractivity contribution in [2.45, 2.75) is 3.74 Å². The maximum atomic E-state index is 5.20. The van der Waals surface area contributed by atoms with E-state index in [-0.39, 0.29) is 3.74 Å². The quantitative estimate of drug-likeness (QED) is 0.771. The lowest BCUT2D eigenvalue weighted by Gasteiger charge is -2.03. The first-order valence-electron chi connectivity index (χ1n) is 3.83. The van der Waals surface area contributed by atoms with E-state index in [4.69, 9.17) is 4.74 Å². The molecular formula is C10H10Br2O. The van der Waals surface area contributed by atoms with E-state index in [0.717, 1.165) is 11.3 Å². The Hall–Kier alpha value is -0.280. The highest BCUT2D eigenvalue weighted by atomic mass is 79.9. The summed E-state index contributed by atoms with van der Waals surface area (Å²) in [7, 11) is 1.67. The number of rotatable bonds is 3. The van der Waals surface area contributed by atoms with E-state index < -0.39 is 0 Å². The van der Waals surface area contributed by atoms with Crippen LogP contribution in [0.3, 0.4) is 0 Å². The second kappa shape index (κ2) is 5.45. The van der Waals surface area contributed by atoms with Gasteiger partial charge in [0.25, 0.3) is 0 Å². The number of methoxy groups -OCH3 is 1. The van der Waals surface area contributed by atoms with Crippen molar-refractivity contribution in [2.24, 2.45) is 0 Å². The normalized spacial score (nSPS) is 11.1. The summed E-state index contributed by atoms with van der Waals surface area (Å²) in [5.74, 6) is 0.888. The molecule has 0 bridgehead atoms.